The van der Waals surface area contributed by atoms with E-state index in [0.717, 1.165) is 37.2 Å². The van der Waals surface area contributed by atoms with Crippen molar-refractivity contribution in [1.29, 1.82) is 0 Å². The van der Waals surface area contributed by atoms with E-state index in [0.29, 0.717) is 5.56 Å². The molecule has 1 aliphatic heterocycles. The van der Waals surface area contributed by atoms with Crippen LogP contribution >= 0.6 is 12.4 Å². The van der Waals surface area contributed by atoms with Gasteiger partial charge in [-0.15, -0.1) is 12.4 Å². The number of rotatable bonds is 3. The second-order valence-electron chi connectivity index (χ2n) is 5.04. The zero-order chi connectivity index (χ0) is 13.8. The van der Waals surface area contributed by atoms with E-state index < -0.39 is 0 Å². The lowest BCUT2D eigenvalue weighted by molar-refractivity contribution is 0.0931. The van der Waals surface area contributed by atoms with Crippen LogP contribution < -0.4 is 10.6 Å². The molecule has 112 valence electrons. The highest BCUT2D eigenvalue weighted by molar-refractivity contribution is 5.99. The van der Waals surface area contributed by atoms with Gasteiger partial charge in [0.15, 0.2) is 0 Å². The Bertz CT molecular complexity index is 578. The fraction of sp³-hybridized carbons (Fsp3) is 0.333. The van der Waals surface area contributed by atoms with Gasteiger partial charge in [-0.2, -0.15) is 5.10 Å². The van der Waals surface area contributed by atoms with Gasteiger partial charge in [-0.1, -0.05) is 30.3 Å². The molecule has 0 radical (unpaired) electrons. The molecule has 21 heavy (non-hydrogen) atoms. The molecule has 1 fully saturated rings. The highest BCUT2D eigenvalue weighted by Gasteiger charge is 2.20. The Morgan fingerprint density at radius 3 is 2.81 bits per heavy atom. The molecule has 3 N–H and O–H groups in total. The van der Waals surface area contributed by atoms with Crippen LogP contribution in [-0.4, -0.2) is 35.2 Å². The Labute approximate surface area is 129 Å². The summed E-state index contributed by atoms with van der Waals surface area (Å²) < 4.78 is 0. The number of halogens is 1. The molecule has 1 amide bonds. The smallest absolute Gasteiger partial charge is 0.255 e. The predicted octanol–water partition coefficient (Wildman–Crippen LogP) is 1.98. The van der Waals surface area contributed by atoms with Crippen LogP contribution in [0.15, 0.2) is 36.5 Å². The quantitative estimate of drug-likeness (QED) is 0.812. The van der Waals surface area contributed by atoms with Crippen LogP contribution in [0.2, 0.25) is 0 Å². The minimum atomic E-state index is -0.0636. The van der Waals surface area contributed by atoms with Crippen molar-refractivity contribution in [2.45, 2.75) is 18.9 Å². The van der Waals surface area contributed by atoms with E-state index in [9.17, 15) is 4.79 Å². The molecule has 2 heterocycles. The number of amides is 1. The summed E-state index contributed by atoms with van der Waals surface area (Å²) in [7, 11) is 0. The lowest BCUT2D eigenvalue weighted by Crippen LogP contribution is -2.45. The molecule has 0 saturated carbocycles. The van der Waals surface area contributed by atoms with Crippen molar-refractivity contribution in [2.24, 2.45) is 0 Å². The van der Waals surface area contributed by atoms with Crippen molar-refractivity contribution in [1.82, 2.24) is 20.8 Å². The topological polar surface area (TPSA) is 69.8 Å². The van der Waals surface area contributed by atoms with Gasteiger partial charge in [0.2, 0.25) is 0 Å². The van der Waals surface area contributed by atoms with Crippen LogP contribution in [0.4, 0.5) is 0 Å². The average Bonchev–Trinajstić information content (AvgIpc) is 2.99. The lowest BCUT2D eigenvalue weighted by atomic mass is 10.1. The summed E-state index contributed by atoms with van der Waals surface area (Å²) in [5.74, 6) is -0.0636. The van der Waals surface area contributed by atoms with Crippen molar-refractivity contribution in [2.75, 3.05) is 13.1 Å². The van der Waals surface area contributed by atoms with Crippen LogP contribution in [0.25, 0.3) is 11.3 Å². The number of aromatic nitrogens is 2. The number of nitrogens with one attached hydrogen (secondary N) is 3. The van der Waals surface area contributed by atoms with E-state index in [2.05, 4.69) is 20.8 Å². The molecule has 2 aromatic rings. The molecule has 5 nitrogen and oxygen atoms in total. The standard InChI is InChI=1S/C15H18N4O.ClH/c20-15(18-12-7-4-8-16-9-12)13-10-17-19-14(13)11-5-2-1-3-6-11;/h1-3,5-6,10,12,16H,4,7-9H2,(H,17,19)(H,18,20);1H. The second-order valence-corrected chi connectivity index (χ2v) is 5.04. The number of aromatic amines is 1. The lowest BCUT2D eigenvalue weighted by Gasteiger charge is -2.23. The minimum absolute atomic E-state index is 0. The van der Waals surface area contributed by atoms with Gasteiger partial charge in [0, 0.05) is 18.2 Å². The van der Waals surface area contributed by atoms with Gasteiger partial charge in [0.05, 0.1) is 17.5 Å². The molecule has 0 bridgehead atoms. The Morgan fingerprint density at radius 1 is 1.29 bits per heavy atom. The van der Waals surface area contributed by atoms with E-state index in [1.165, 1.54) is 0 Å². The second kappa shape index (κ2) is 7.24. The van der Waals surface area contributed by atoms with Crippen LogP contribution in [0.1, 0.15) is 23.2 Å². The van der Waals surface area contributed by atoms with Gasteiger partial charge < -0.3 is 10.6 Å². The minimum Gasteiger partial charge on any atom is -0.348 e. The van der Waals surface area contributed by atoms with E-state index in [-0.39, 0.29) is 24.4 Å². The monoisotopic (exact) mass is 306 g/mol. The van der Waals surface area contributed by atoms with Crippen molar-refractivity contribution in [3.8, 4) is 11.3 Å². The first kappa shape index (κ1) is 15.5. The van der Waals surface area contributed by atoms with Crippen LogP contribution in [-0.2, 0) is 0 Å². The van der Waals surface area contributed by atoms with Gasteiger partial charge >= 0.3 is 0 Å². The third-order valence-corrected chi connectivity index (χ3v) is 3.58. The van der Waals surface area contributed by atoms with E-state index in [1.807, 2.05) is 30.3 Å². The van der Waals surface area contributed by atoms with Gasteiger partial charge in [0.1, 0.15) is 0 Å². The van der Waals surface area contributed by atoms with Crippen LogP contribution in [0.5, 0.6) is 0 Å². The van der Waals surface area contributed by atoms with E-state index in [4.69, 9.17) is 0 Å². The fourth-order valence-electron chi connectivity index (χ4n) is 2.52. The molecule has 6 heteroatoms. The molecule has 1 atom stereocenters. The van der Waals surface area contributed by atoms with Crippen molar-refractivity contribution in [3.63, 3.8) is 0 Å². The highest BCUT2D eigenvalue weighted by atomic mass is 35.5. The van der Waals surface area contributed by atoms with Gasteiger partial charge in [-0.25, -0.2) is 0 Å². The van der Waals surface area contributed by atoms with Gasteiger partial charge in [-0.3, -0.25) is 9.89 Å². The predicted molar refractivity (Wildman–Crippen MR) is 84.6 cm³/mol. The summed E-state index contributed by atoms with van der Waals surface area (Å²) in [6, 6.07) is 9.98. The van der Waals surface area contributed by atoms with Gasteiger partial charge in [0.25, 0.3) is 5.91 Å². The number of hydrogen-bond donors (Lipinski definition) is 3. The molecule has 0 aliphatic carbocycles. The SMILES string of the molecule is Cl.O=C(NC1CCCNC1)c1cn[nH]c1-c1ccccc1. The number of H-pyrrole nitrogens is 1. The summed E-state index contributed by atoms with van der Waals surface area (Å²) in [5, 5.41) is 13.3. The maximum atomic E-state index is 12.4. The number of carbonyl (C=O) groups is 1. The zero-order valence-electron chi connectivity index (χ0n) is 11.6. The molecule has 1 saturated heterocycles. The zero-order valence-corrected chi connectivity index (χ0v) is 12.5. The van der Waals surface area contributed by atoms with Crippen molar-refractivity contribution in [3.05, 3.63) is 42.1 Å². The number of hydrogen-bond acceptors (Lipinski definition) is 3. The number of benzene rings is 1. The van der Waals surface area contributed by atoms with Crippen molar-refractivity contribution >= 4 is 18.3 Å². The van der Waals surface area contributed by atoms with E-state index >= 15 is 0 Å². The normalized spacial score (nSPS) is 17.8. The number of nitrogens with zero attached hydrogens (tertiary/aromatic N) is 1. The maximum absolute atomic E-state index is 12.4. The molecular formula is C15H19ClN4O. The Balaban J connectivity index is 0.00000161. The van der Waals surface area contributed by atoms with E-state index in [1.54, 1.807) is 6.20 Å². The number of carbonyl (C=O) groups excluding carboxylic acids is 1. The molecule has 1 aromatic carbocycles. The Kier molecular flexibility index (Phi) is 5.36. The molecule has 0 spiro atoms. The highest BCUT2D eigenvalue weighted by Crippen LogP contribution is 2.20. The summed E-state index contributed by atoms with van der Waals surface area (Å²) in [4.78, 5) is 12.4. The Hall–Kier alpha value is -1.85. The third-order valence-electron chi connectivity index (χ3n) is 3.58. The summed E-state index contributed by atoms with van der Waals surface area (Å²) in [5.41, 5.74) is 2.34. The summed E-state index contributed by atoms with van der Waals surface area (Å²) in [6.07, 6.45) is 3.72. The number of piperidine rings is 1. The fourth-order valence-corrected chi connectivity index (χ4v) is 2.52. The molecule has 1 aliphatic rings. The van der Waals surface area contributed by atoms with Crippen molar-refractivity contribution < 1.29 is 4.79 Å². The molecule has 1 unspecified atom stereocenters. The van der Waals surface area contributed by atoms with Crippen LogP contribution in [0.3, 0.4) is 0 Å². The average molecular weight is 307 g/mol. The first-order valence-electron chi connectivity index (χ1n) is 6.95. The third kappa shape index (κ3) is 3.62. The van der Waals surface area contributed by atoms with Crippen LogP contribution in [0, 0.1) is 0 Å². The Morgan fingerprint density at radius 2 is 2.10 bits per heavy atom. The molecule has 1 aromatic heterocycles. The maximum Gasteiger partial charge on any atom is 0.255 e. The molecular weight excluding hydrogens is 288 g/mol. The summed E-state index contributed by atoms with van der Waals surface area (Å²) in [6.45, 7) is 1.87. The first-order chi connectivity index (χ1) is 9.84. The largest absolute Gasteiger partial charge is 0.348 e. The van der Waals surface area contributed by atoms with Gasteiger partial charge in [-0.05, 0) is 19.4 Å². The first-order valence-corrected chi connectivity index (χ1v) is 6.95. The summed E-state index contributed by atoms with van der Waals surface area (Å²) >= 11 is 0. The molecule has 3 rings (SSSR count).